The maximum atomic E-state index is 13.2. The zero-order valence-corrected chi connectivity index (χ0v) is 14.0. The minimum Gasteiger partial charge on any atom is -0.340 e. The first kappa shape index (κ1) is 15.5. The second-order valence-electron chi connectivity index (χ2n) is 7.15. The number of urea groups is 1. The number of amides is 3. The predicted molar refractivity (Wildman–Crippen MR) is 91.8 cm³/mol. The van der Waals surface area contributed by atoms with Gasteiger partial charge in [-0.3, -0.25) is 4.79 Å². The van der Waals surface area contributed by atoms with Gasteiger partial charge in [0, 0.05) is 26.2 Å². The van der Waals surface area contributed by atoms with Gasteiger partial charge in [0.2, 0.25) is 5.91 Å². The highest BCUT2D eigenvalue weighted by atomic mass is 16.2. The van der Waals surface area contributed by atoms with Crippen LogP contribution < -0.4 is 5.32 Å². The number of carbonyl (C=O) groups excluding carboxylic acids is 2. The second kappa shape index (κ2) is 6.46. The van der Waals surface area contributed by atoms with Gasteiger partial charge in [-0.15, -0.1) is 0 Å². The number of piperidine rings is 1. The molecule has 1 N–H and O–H groups in total. The molecule has 1 aliphatic carbocycles. The highest BCUT2D eigenvalue weighted by Gasteiger charge is 2.36. The number of benzene rings is 1. The summed E-state index contributed by atoms with van der Waals surface area (Å²) in [4.78, 5) is 29.0. The Balaban J connectivity index is 1.49. The van der Waals surface area contributed by atoms with Crippen molar-refractivity contribution in [2.75, 3.05) is 26.2 Å². The van der Waals surface area contributed by atoms with E-state index < -0.39 is 0 Å². The fourth-order valence-electron chi connectivity index (χ4n) is 4.47. The van der Waals surface area contributed by atoms with Gasteiger partial charge < -0.3 is 15.1 Å². The number of likely N-dealkylation sites (tertiary alicyclic amines) is 1. The molecule has 0 unspecified atom stereocenters. The van der Waals surface area contributed by atoms with E-state index in [2.05, 4.69) is 23.5 Å². The molecule has 1 aromatic rings. The molecular formula is C19H25N3O2. The van der Waals surface area contributed by atoms with Crippen molar-refractivity contribution >= 4 is 11.9 Å². The smallest absolute Gasteiger partial charge is 0.317 e. The van der Waals surface area contributed by atoms with Gasteiger partial charge in [0.05, 0.1) is 12.0 Å². The van der Waals surface area contributed by atoms with Gasteiger partial charge in [-0.05, 0) is 43.2 Å². The van der Waals surface area contributed by atoms with Gasteiger partial charge in [0.1, 0.15) is 0 Å². The van der Waals surface area contributed by atoms with E-state index in [1.54, 1.807) is 0 Å². The molecule has 128 valence electrons. The second-order valence-corrected chi connectivity index (χ2v) is 7.15. The highest BCUT2D eigenvalue weighted by molar-refractivity contribution is 5.85. The SMILES string of the molecule is O=C([C@H]1CCCc2ccccc21)N1CCC[C@H](N2CCNC2=O)C1. The standard InChI is InChI=1S/C19H25N3O2/c23-18(17-9-3-6-14-5-1-2-8-16(14)17)21-11-4-7-15(13-21)22-12-10-20-19(22)24/h1-2,5,8,15,17H,3-4,6-7,9-13H2,(H,20,24)/t15-,17-/m0/s1. The van der Waals surface area contributed by atoms with E-state index in [0.717, 1.165) is 51.7 Å². The third-order valence-corrected chi connectivity index (χ3v) is 5.71. The summed E-state index contributed by atoms with van der Waals surface area (Å²) in [5.74, 6) is 0.257. The van der Waals surface area contributed by atoms with Gasteiger partial charge in [0.25, 0.3) is 0 Å². The van der Waals surface area contributed by atoms with E-state index in [-0.39, 0.29) is 23.9 Å². The Morgan fingerprint density at radius 1 is 1.12 bits per heavy atom. The molecule has 0 radical (unpaired) electrons. The first-order valence-electron chi connectivity index (χ1n) is 9.15. The van der Waals surface area contributed by atoms with Crippen molar-refractivity contribution in [2.45, 2.75) is 44.1 Å². The number of hydrogen-bond acceptors (Lipinski definition) is 2. The third kappa shape index (κ3) is 2.76. The molecule has 5 heteroatoms. The summed E-state index contributed by atoms with van der Waals surface area (Å²) in [7, 11) is 0. The third-order valence-electron chi connectivity index (χ3n) is 5.71. The van der Waals surface area contributed by atoms with Gasteiger partial charge in [-0.2, -0.15) is 0 Å². The predicted octanol–water partition coefficient (Wildman–Crippen LogP) is 2.12. The van der Waals surface area contributed by atoms with Crippen LogP contribution in [0.1, 0.15) is 42.7 Å². The molecule has 2 atom stereocenters. The largest absolute Gasteiger partial charge is 0.340 e. The summed E-state index contributed by atoms with van der Waals surface area (Å²) in [6.07, 6.45) is 5.09. The van der Waals surface area contributed by atoms with Crippen LogP contribution in [0.5, 0.6) is 0 Å². The quantitative estimate of drug-likeness (QED) is 0.905. The van der Waals surface area contributed by atoms with Gasteiger partial charge in [-0.25, -0.2) is 4.79 Å². The first-order valence-corrected chi connectivity index (χ1v) is 9.15. The Kier molecular flexibility index (Phi) is 4.17. The van der Waals surface area contributed by atoms with Crippen LogP contribution in [-0.2, 0) is 11.2 Å². The molecule has 4 rings (SSSR count). The van der Waals surface area contributed by atoms with E-state index in [0.29, 0.717) is 6.54 Å². The number of carbonyl (C=O) groups is 2. The molecule has 24 heavy (non-hydrogen) atoms. The van der Waals surface area contributed by atoms with E-state index in [4.69, 9.17) is 0 Å². The van der Waals surface area contributed by atoms with Crippen molar-refractivity contribution in [3.05, 3.63) is 35.4 Å². The fraction of sp³-hybridized carbons (Fsp3) is 0.579. The van der Waals surface area contributed by atoms with Crippen LogP contribution in [0, 0.1) is 0 Å². The Morgan fingerprint density at radius 3 is 2.83 bits per heavy atom. The zero-order valence-electron chi connectivity index (χ0n) is 14.0. The summed E-state index contributed by atoms with van der Waals surface area (Å²) in [6, 6.07) is 8.57. The van der Waals surface area contributed by atoms with E-state index in [1.165, 1.54) is 11.1 Å². The normalized spacial score (nSPS) is 26.9. The average molecular weight is 327 g/mol. The maximum absolute atomic E-state index is 13.2. The number of nitrogens with one attached hydrogen (secondary N) is 1. The lowest BCUT2D eigenvalue weighted by atomic mass is 9.81. The number of rotatable bonds is 2. The van der Waals surface area contributed by atoms with Crippen LogP contribution in [0.2, 0.25) is 0 Å². The summed E-state index contributed by atoms with van der Waals surface area (Å²) in [5, 5.41) is 2.87. The summed E-state index contributed by atoms with van der Waals surface area (Å²) in [5.41, 5.74) is 2.55. The van der Waals surface area contributed by atoms with Crippen molar-refractivity contribution in [3.63, 3.8) is 0 Å². The minimum absolute atomic E-state index is 0.00102. The molecule has 3 aliphatic rings. The molecule has 0 spiro atoms. The van der Waals surface area contributed by atoms with Crippen molar-refractivity contribution < 1.29 is 9.59 Å². The van der Waals surface area contributed by atoms with E-state index >= 15 is 0 Å². The molecule has 2 saturated heterocycles. The van der Waals surface area contributed by atoms with Crippen LogP contribution >= 0.6 is 0 Å². The van der Waals surface area contributed by atoms with Gasteiger partial charge in [-0.1, -0.05) is 24.3 Å². The number of aryl methyl sites for hydroxylation is 1. The van der Waals surface area contributed by atoms with Crippen molar-refractivity contribution in [1.29, 1.82) is 0 Å². The molecule has 0 bridgehead atoms. The van der Waals surface area contributed by atoms with Gasteiger partial charge in [0.15, 0.2) is 0 Å². The van der Waals surface area contributed by atoms with Crippen LogP contribution in [0.3, 0.4) is 0 Å². The molecule has 2 heterocycles. The van der Waals surface area contributed by atoms with Crippen LogP contribution in [-0.4, -0.2) is 54.0 Å². The monoisotopic (exact) mass is 327 g/mol. The lowest BCUT2D eigenvalue weighted by Gasteiger charge is -2.39. The molecule has 2 aliphatic heterocycles. The molecule has 2 fully saturated rings. The number of hydrogen-bond donors (Lipinski definition) is 1. The Morgan fingerprint density at radius 2 is 2.00 bits per heavy atom. The lowest BCUT2D eigenvalue weighted by molar-refractivity contribution is -0.135. The molecule has 1 aromatic carbocycles. The van der Waals surface area contributed by atoms with Crippen LogP contribution in [0.15, 0.2) is 24.3 Å². The lowest BCUT2D eigenvalue weighted by Crippen LogP contribution is -2.51. The summed E-state index contributed by atoms with van der Waals surface area (Å²) < 4.78 is 0. The molecule has 3 amide bonds. The van der Waals surface area contributed by atoms with Crippen molar-refractivity contribution in [2.24, 2.45) is 0 Å². The number of fused-ring (bicyclic) bond motifs is 1. The Labute approximate surface area is 143 Å². The molecule has 0 saturated carbocycles. The minimum atomic E-state index is 0.00102. The maximum Gasteiger partial charge on any atom is 0.317 e. The van der Waals surface area contributed by atoms with Gasteiger partial charge >= 0.3 is 6.03 Å². The highest BCUT2D eigenvalue weighted by Crippen LogP contribution is 2.33. The van der Waals surface area contributed by atoms with Crippen molar-refractivity contribution in [3.8, 4) is 0 Å². The Hall–Kier alpha value is -2.04. The topological polar surface area (TPSA) is 52.7 Å². The summed E-state index contributed by atoms with van der Waals surface area (Å²) >= 11 is 0. The zero-order chi connectivity index (χ0) is 16.5. The summed E-state index contributed by atoms with van der Waals surface area (Å²) in [6.45, 7) is 2.99. The van der Waals surface area contributed by atoms with E-state index in [1.807, 2.05) is 15.9 Å². The fourth-order valence-corrected chi connectivity index (χ4v) is 4.47. The molecule has 5 nitrogen and oxygen atoms in total. The average Bonchev–Trinajstić information content (AvgIpc) is 3.07. The van der Waals surface area contributed by atoms with Crippen molar-refractivity contribution in [1.82, 2.24) is 15.1 Å². The van der Waals surface area contributed by atoms with Crippen LogP contribution in [0.4, 0.5) is 4.79 Å². The van der Waals surface area contributed by atoms with E-state index in [9.17, 15) is 9.59 Å². The molecular weight excluding hydrogens is 302 g/mol. The Bertz CT molecular complexity index is 645. The number of nitrogens with zero attached hydrogens (tertiary/aromatic N) is 2. The van der Waals surface area contributed by atoms with Crippen LogP contribution in [0.25, 0.3) is 0 Å². The first-order chi connectivity index (χ1) is 11.7. The molecule has 0 aromatic heterocycles.